The standard InChI is InChI=1S/C23H25N7O2/c1-3-5-10-21(31)30-23(32)29(20(4-2)26-30)15-16-11-13-17(14-12-16)18-8-6-7-9-19(18)22-24-27-28-25-22/h6-9,11-14H,3-5,10,15H2,1-2H3,(H,24,25,27,28). The lowest BCUT2D eigenvalue weighted by Gasteiger charge is -2.09. The molecule has 2 aromatic carbocycles. The molecule has 0 aliphatic rings. The van der Waals surface area contributed by atoms with Gasteiger partial charge in [-0.15, -0.1) is 20.0 Å². The van der Waals surface area contributed by atoms with E-state index in [1.807, 2.05) is 62.4 Å². The third-order valence-corrected chi connectivity index (χ3v) is 5.35. The number of aromatic nitrogens is 7. The summed E-state index contributed by atoms with van der Waals surface area (Å²) >= 11 is 0. The van der Waals surface area contributed by atoms with Crippen molar-refractivity contribution in [1.29, 1.82) is 0 Å². The fourth-order valence-corrected chi connectivity index (χ4v) is 3.63. The third kappa shape index (κ3) is 4.27. The van der Waals surface area contributed by atoms with Crippen LogP contribution in [0.4, 0.5) is 0 Å². The first-order valence-corrected chi connectivity index (χ1v) is 10.8. The Balaban J connectivity index is 1.60. The summed E-state index contributed by atoms with van der Waals surface area (Å²) in [7, 11) is 0. The van der Waals surface area contributed by atoms with Gasteiger partial charge in [-0.3, -0.25) is 9.36 Å². The number of H-pyrrole nitrogens is 1. The molecule has 9 nitrogen and oxygen atoms in total. The van der Waals surface area contributed by atoms with Crippen molar-refractivity contribution < 1.29 is 4.79 Å². The Morgan fingerprint density at radius 3 is 2.44 bits per heavy atom. The Labute approximate surface area is 185 Å². The molecule has 164 valence electrons. The number of hydrogen-bond acceptors (Lipinski definition) is 6. The first-order chi connectivity index (χ1) is 15.6. The minimum atomic E-state index is -0.380. The van der Waals surface area contributed by atoms with Gasteiger partial charge in [0.1, 0.15) is 5.82 Å². The van der Waals surface area contributed by atoms with Crippen molar-refractivity contribution >= 4 is 5.91 Å². The van der Waals surface area contributed by atoms with Crippen LogP contribution in [-0.2, 0) is 13.0 Å². The summed E-state index contributed by atoms with van der Waals surface area (Å²) in [5.41, 5.74) is 3.44. The number of unbranched alkanes of at least 4 members (excludes halogenated alkanes) is 1. The van der Waals surface area contributed by atoms with E-state index in [-0.39, 0.29) is 11.6 Å². The number of benzene rings is 2. The molecule has 0 unspecified atom stereocenters. The van der Waals surface area contributed by atoms with E-state index in [2.05, 4.69) is 25.7 Å². The van der Waals surface area contributed by atoms with E-state index in [4.69, 9.17) is 0 Å². The highest BCUT2D eigenvalue weighted by Crippen LogP contribution is 2.29. The second-order valence-electron chi connectivity index (χ2n) is 7.53. The Kier molecular flexibility index (Phi) is 6.34. The maximum atomic E-state index is 12.8. The van der Waals surface area contributed by atoms with Crippen LogP contribution in [0.5, 0.6) is 0 Å². The zero-order valence-electron chi connectivity index (χ0n) is 18.2. The lowest BCUT2D eigenvalue weighted by molar-refractivity contribution is 0.0878. The van der Waals surface area contributed by atoms with E-state index in [1.54, 1.807) is 4.57 Å². The summed E-state index contributed by atoms with van der Waals surface area (Å²) in [6.45, 7) is 4.29. The minimum absolute atomic E-state index is 0.251. The summed E-state index contributed by atoms with van der Waals surface area (Å²) in [6, 6.07) is 15.8. The predicted molar refractivity (Wildman–Crippen MR) is 120 cm³/mol. The van der Waals surface area contributed by atoms with Crippen LogP contribution in [-0.4, -0.2) is 40.9 Å². The molecule has 4 rings (SSSR count). The molecule has 32 heavy (non-hydrogen) atoms. The number of carbonyl (C=O) groups is 1. The summed E-state index contributed by atoms with van der Waals surface area (Å²) < 4.78 is 2.59. The molecule has 0 bridgehead atoms. The van der Waals surface area contributed by atoms with Gasteiger partial charge in [0.2, 0.25) is 5.82 Å². The number of hydrogen-bond donors (Lipinski definition) is 1. The molecule has 0 aliphatic carbocycles. The molecule has 0 saturated carbocycles. The molecular formula is C23H25N7O2. The van der Waals surface area contributed by atoms with E-state index in [9.17, 15) is 9.59 Å². The normalized spacial score (nSPS) is 11.1. The molecule has 4 aromatic rings. The van der Waals surface area contributed by atoms with Gasteiger partial charge >= 0.3 is 5.69 Å². The molecule has 0 spiro atoms. The lowest BCUT2D eigenvalue weighted by Crippen LogP contribution is -2.30. The summed E-state index contributed by atoms with van der Waals surface area (Å²) in [4.78, 5) is 25.2. The van der Waals surface area contributed by atoms with Crippen molar-refractivity contribution in [3.8, 4) is 22.5 Å². The molecule has 0 aliphatic heterocycles. The molecule has 0 saturated heterocycles. The molecule has 0 atom stereocenters. The first kappa shape index (κ1) is 21.4. The topological polar surface area (TPSA) is 111 Å². The first-order valence-electron chi connectivity index (χ1n) is 10.8. The molecule has 0 radical (unpaired) electrons. The van der Waals surface area contributed by atoms with Gasteiger partial charge in [-0.05, 0) is 28.3 Å². The maximum absolute atomic E-state index is 12.8. The van der Waals surface area contributed by atoms with Gasteiger partial charge in [0.05, 0.1) is 6.54 Å². The number of nitrogens with one attached hydrogen (secondary N) is 1. The quantitative estimate of drug-likeness (QED) is 0.458. The molecular weight excluding hydrogens is 406 g/mol. The fraction of sp³-hybridized carbons (Fsp3) is 0.304. The predicted octanol–water partition coefficient (Wildman–Crippen LogP) is 3.33. The SMILES string of the molecule is CCCCC(=O)n1nc(CC)n(Cc2ccc(-c3ccccc3-c3nn[nH]n3)cc2)c1=O. The van der Waals surface area contributed by atoms with E-state index in [0.717, 1.165) is 39.8 Å². The number of tetrazole rings is 1. The summed E-state index contributed by atoms with van der Waals surface area (Å²) in [6.07, 6.45) is 2.53. The molecule has 2 aromatic heterocycles. The highest BCUT2D eigenvalue weighted by molar-refractivity contribution is 5.80. The number of aryl methyl sites for hydroxylation is 1. The zero-order valence-corrected chi connectivity index (χ0v) is 18.2. The Bertz CT molecular complexity index is 1250. The Hall–Kier alpha value is -3.88. The van der Waals surface area contributed by atoms with E-state index in [1.165, 1.54) is 0 Å². The second-order valence-corrected chi connectivity index (χ2v) is 7.53. The van der Waals surface area contributed by atoms with E-state index >= 15 is 0 Å². The minimum Gasteiger partial charge on any atom is -0.274 e. The molecule has 0 amide bonds. The highest BCUT2D eigenvalue weighted by Gasteiger charge is 2.17. The molecule has 2 heterocycles. The van der Waals surface area contributed by atoms with Gasteiger partial charge in [0, 0.05) is 18.4 Å². The van der Waals surface area contributed by atoms with Crippen LogP contribution in [0.3, 0.4) is 0 Å². The maximum Gasteiger partial charge on any atom is 0.353 e. The van der Waals surface area contributed by atoms with Gasteiger partial charge in [0.15, 0.2) is 0 Å². The van der Waals surface area contributed by atoms with E-state index in [0.29, 0.717) is 31.0 Å². The van der Waals surface area contributed by atoms with Gasteiger partial charge in [-0.2, -0.15) is 5.21 Å². The number of aromatic amines is 1. The lowest BCUT2D eigenvalue weighted by atomic mass is 9.98. The largest absolute Gasteiger partial charge is 0.353 e. The molecule has 9 heteroatoms. The third-order valence-electron chi connectivity index (χ3n) is 5.35. The van der Waals surface area contributed by atoms with Crippen LogP contribution in [0.15, 0.2) is 53.3 Å². The van der Waals surface area contributed by atoms with Crippen molar-refractivity contribution in [2.45, 2.75) is 46.1 Å². The average molecular weight is 432 g/mol. The van der Waals surface area contributed by atoms with Crippen LogP contribution in [0.25, 0.3) is 22.5 Å². The number of nitrogens with zero attached hydrogens (tertiary/aromatic N) is 6. The molecule has 0 fully saturated rings. The van der Waals surface area contributed by atoms with E-state index < -0.39 is 0 Å². The van der Waals surface area contributed by atoms with Crippen molar-refractivity contribution in [2.75, 3.05) is 0 Å². The number of rotatable bonds is 8. The van der Waals surface area contributed by atoms with Gasteiger partial charge < -0.3 is 0 Å². The van der Waals surface area contributed by atoms with Crippen molar-refractivity contribution in [1.82, 2.24) is 35.0 Å². The van der Waals surface area contributed by atoms with Gasteiger partial charge in [-0.25, -0.2) is 4.79 Å². The van der Waals surface area contributed by atoms with Crippen LogP contribution in [0.1, 0.15) is 49.3 Å². The van der Waals surface area contributed by atoms with Gasteiger partial charge in [0.25, 0.3) is 5.91 Å². The zero-order chi connectivity index (χ0) is 22.5. The monoisotopic (exact) mass is 431 g/mol. The highest BCUT2D eigenvalue weighted by atomic mass is 16.2. The summed E-state index contributed by atoms with van der Waals surface area (Å²) in [5, 5.41) is 18.6. The molecule has 1 N–H and O–H groups in total. The second kappa shape index (κ2) is 9.51. The average Bonchev–Trinajstić information content (AvgIpc) is 3.47. The number of carbonyl (C=O) groups excluding carboxylic acids is 1. The Morgan fingerprint density at radius 1 is 1.03 bits per heavy atom. The van der Waals surface area contributed by atoms with Crippen LogP contribution in [0.2, 0.25) is 0 Å². The smallest absolute Gasteiger partial charge is 0.274 e. The van der Waals surface area contributed by atoms with Crippen molar-refractivity contribution in [2.24, 2.45) is 0 Å². The van der Waals surface area contributed by atoms with Crippen molar-refractivity contribution in [3.05, 3.63) is 70.4 Å². The fourth-order valence-electron chi connectivity index (χ4n) is 3.63. The van der Waals surface area contributed by atoms with Crippen LogP contribution in [0, 0.1) is 0 Å². The van der Waals surface area contributed by atoms with Crippen LogP contribution >= 0.6 is 0 Å². The van der Waals surface area contributed by atoms with Crippen LogP contribution < -0.4 is 5.69 Å². The summed E-state index contributed by atoms with van der Waals surface area (Å²) in [5.74, 6) is 0.883. The van der Waals surface area contributed by atoms with Crippen molar-refractivity contribution in [3.63, 3.8) is 0 Å². The van der Waals surface area contributed by atoms with Gasteiger partial charge in [-0.1, -0.05) is 68.8 Å². The Morgan fingerprint density at radius 2 is 1.78 bits per heavy atom.